The van der Waals surface area contributed by atoms with Gasteiger partial charge in [-0.3, -0.25) is 9.63 Å². The molecule has 0 spiro atoms. The predicted molar refractivity (Wildman–Crippen MR) is 57.7 cm³/mol. The first kappa shape index (κ1) is 14.6. The summed E-state index contributed by atoms with van der Waals surface area (Å²) in [6.45, 7) is -0.544. The number of carbonyl (C=O) groups excluding carboxylic acids is 2. The lowest BCUT2D eigenvalue weighted by Crippen LogP contribution is -2.51. The number of hydrogen-bond donors (Lipinski definition) is 1. The Morgan fingerprint density at radius 2 is 2.30 bits per heavy atom. The van der Waals surface area contributed by atoms with Crippen molar-refractivity contribution in [2.24, 2.45) is 0 Å². The molecule has 10 nitrogen and oxygen atoms in total. The van der Waals surface area contributed by atoms with Gasteiger partial charge in [-0.15, -0.1) is 10.1 Å². The largest absolute Gasteiger partial charge is 0.427 e. The Bertz CT molecular complexity index is 414. The molecule has 0 aromatic carbocycles. The molecule has 0 saturated carbocycles. The first-order valence-electron chi connectivity index (χ1n) is 5.89. The summed E-state index contributed by atoms with van der Waals surface area (Å²) in [4.78, 5) is 36.8. The molecule has 1 N–H and O–H groups in total. The molecule has 2 aliphatic heterocycles. The molecule has 2 aliphatic rings. The van der Waals surface area contributed by atoms with Gasteiger partial charge in [0, 0.05) is 6.42 Å². The Kier molecular flexibility index (Phi) is 4.16. The monoisotopic (exact) mass is 291 g/mol. The zero-order valence-electron chi connectivity index (χ0n) is 10.3. The highest BCUT2D eigenvalue weighted by Gasteiger charge is 2.62. The van der Waals surface area contributed by atoms with Gasteiger partial charge in [-0.1, -0.05) is 0 Å². The van der Waals surface area contributed by atoms with Gasteiger partial charge in [0.25, 0.3) is 5.09 Å². The van der Waals surface area contributed by atoms with Gasteiger partial charge >= 0.3 is 11.8 Å². The Balaban J connectivity index is 2.12. The lowest BCUT2D eigenvalue weighted by molar-refractivity contribution is -0.796. The molecule has 0 aromatic heterocycles. The van der Waals surface area contributed by atoms with E-state index in [1.807, 2.05) is 0 Å². The maximum atomic E-state index is 11.6. The quantitative estimate of drug-likeness (QED) is 0.205. The minimum absolute atomic E-state index is 0.0776. The molecule has 112 valence electrons. The lowest BCUT2D eigenvalue weighted by atomic mass is 10.1. The van der Waals surface area contributed by atoms with Crippen LogP contribution in [-0.2, 0) is 28.6 Å². The van der Waals surface area contributed by atoms with Crippen LogP contribution in [0.3, 0.4) is 0 Å². The van der Waals surface area contributed by atoms with Gasteiger partial charge in [0.1, 0.15) is 25.1 Å². The van der Waals surface area contributed by atoms with Crippen molar-refractivity contribution >= 4 is 12.3 Å². The fraction of sp³-hybridized carbons (Fsp3) is 0.800. The summed E-state index contributed by atoms with van der Waals surface area (Å²) in [7, 11) is 0. The number of aliphatic hydroxyl groups is 1. The van der Waals surface area contributed by atoms with E-state index in [1.165, 1.54) is 0 Å². The Labute approximate surface area is 112 Å². The van der Waals surface area contributed by atoms with Gasteiger partial charge in [0.2, 0.25) is 0 Å². The first-order valence-corrected chi connectivity index (χ1v) is 5.89. The lowest BCUT2D eigenvalue weighted by Gasteiger charge is -2.29. The first-order chi connectivity index (χ1) is 9.48. The topological polar surface area (TPSA) is 134 Å². The summed E-state index contributed by atoms with van der Waals surface area (Å²) in [5.41, 5.74) is 0. The number of aliphatic hydroxyl groups excluding tert-OH is 1. The van der Waals surface area contributed by atoms with Gasteiger partial charge < -0.3 is 24.1 Å². The maximum absolute atomic E-state index is 11.6. The van der Waals surface area contributed by atoms with Gasteiger partial charge in [-0.05, 0) is 0 Å². The van der Waals surface area contributed by atoms with E-state index in [0.717, 1.165) is 0 Å². The van der Waals surface area contributed by atoms with E-state index in [0.29, 0.717) is 6.29 Å². The highest BCUT2D eigenvalue weighted by molar-refractivity contribution is 5.72. The molecule has 2 fully saturated rings. The highest BCUT2D eigenvalue weighted by atomic mass is 17.0. The van der Waals surface area contributed by atoms with E-state index in [2.05, 4.69) is 4.84 Å². The molecule has 2 rings (SSSR count). The van der Waals surface area contributed by atoms with Crippen LogP contribution in [0.15, 0.2) is 0 Å². The van der Waals surface area contributed by atoms with Gasteiger partial charge in [-0.2, -0.15) is 0 Å². The second kappa shape index (κ2) is 5.69. The number of rotatable bonds is 6. The summed E-state index contributed by atoms with van der Waals surface area (Å²) in [6.07, 6.45) is -2.74. The Morgan fingerprint density at radius 1 is 1.55 bits per heavy atom. The summed E-state index contributed by atoms with van der Waals surface area (Å²) in [5, 5.41) is 19.0. The third kappa shape index (κ3) is 2.71. The zero-order valence-corrected chi connectivity index (χ0v) is 10.3. The molecule has 20 heavy (non-hydrogen) atoms. The van der Waals surface area contributed by atoms with E-state index in [4.69, 9.17) is 14.2 Å². The van der Waals surface area contributed by atoms with Crippen LogP contribution < -0.4 is 0 Å². The maximum Gasteiger partial charge on any atom is 0.309 e. The molecule has 0 aromatic rings. The van der Waals surface area contributed by atoms with Crippen LogP contribution >= 0.6 is 0 Å². The normalized spacial score (nSPS) is 35.4. The highest BCUT2D eigenvalue weighted by Crippen LogP contribution is 2.38. The number of ether oxygens (including phenoxy) is 3. The zero-order chi connectivity index (χ0) is 14.8. The molecule has 2 heterocycles. The third-order valence-corrected chi connectivity index (χ3v) is 3.02. The molecule has 0 unspecified atom stereocenters. The molecule has 0 bridgehead atoms. The van der Waals surface area contributed by atoms with E-state index in [1.54, 1.807) is 0 Å². The van der Waals surface area contributed by atoms with Crippen molar-refractivity contribution in [2.45, 2.75) is 36.9 Å². The van der Waals surface area contributed by atoms with Crippen molar-refractivity contribution in [2.75, 3.05) is 13.2 Å². The molecule has 0 radical (unpaired) electrons. The van der Waals surface area contributed by atoms with E-state index in [9.17, 15) is 24.8 Å². The van der Waals surface area contributed by atoms with Crippen LogP contribution in [0.25, 0.3) is 0 Å². The SMILES string of the molecule is O=CCCC(=O)O[C@@]1(O[N+](=O)[O-])CO[C@@H]2[C@H](O)CO[C@@H]21. The number of carbonyl (C=O) groups is 2. The minimum Gasteiger partial charge on any atom is -0.427 e. The Hall–Kier alpha value is -1.78. The average molecular weight is 291 g/mol. The van der Waals surface area contributed by atoms with E-state index in [-0.39, 0.29) is 19.4 Å². The molecular formula is C10H13NO9. The number of nitrogens with zero attached hydrogens (tertiary/aromatic N) is 1. The molecule has 4 atom stereocenters. The molecule has 10 heteroatoms. The van der Waals surface area contributed by atoms with E-state index < -0.39 is 41.8 Å². The number of fused-ring (bicyclic) bond motifs is 1. The fourth-order valence-corrected chi connectivity index (χ4v) is 2.20. The second-order valence-corrected chi connectivity index (χ2v) is 4.40. The average Bonchev–Trinajstić information content (AvgIpc) is 2.90. The number of hydrogen-bond acceptors (Lipinski definition) is 9. The predicted octanol–water partition coefficient (Wildman–Crippen LogP) is -1.43. The summed E-state index contributed by atoms with van der Waals surface area (Å²) in [6, 6.07) is 0. The summed E-state index contributed by atoms with van der Waals surface area (Å²) >= 11 is 0. The molecular weight excluding hydrogens is 278 g/mol. The summed E-state index contributed by atoms with van der Waals surface area (Å²) in [5.74, 6) is -2.90. The van der Waals surface area contributed by atoms with Crippen molar-refractivity contribution in [1.82, 2.24) is 0 Å². The van der Waals surface area contributed by atoms with Crippen molar-refractivity contribution in [3.05, 3.63) is 10.1 Å². The van der Waals surface area contributed by atoms with Crippen molar-refractivity contribution in [3.63, 3.8) is 0 Å². The van der Waals surface area contributed by atoms with Crippen LogP contribution in [0.4, 0.5) is 0 Å². The third-order valence-electron chi connectivity index (χ3n) is 3.02. The van der Waals surface area contributed by atoms with Crippen LogP contribution in [0.5, 0.6) is 0 Å². The van der Waals surface area contributed by atoms with Gasteiger partial charge in [-0.25, -0.2) is 0 Å². The van der Waals surface area contributed by atoms with Crippen molar-refractivity contribution < 1.29 is 38.8 Å². The smallest absolute Gasteiger partial charge is 0.309 e. The fourth-order valence-electron chi connectivity index (χ4n) is 2.20. The molecule has 2 saturated heterocycles. The molecule has 0 amide bonds. The number of aldehydes is 1. The van der Waals surface area contributed by atoms with Crippen molar-refractivity contribution in [3.8, 4) is 0 Å². The van der Waals surface area contributed by atoms with E-state index >= 15 is 0 Å². The van der Waals surface area contributed by atoms with Crippen LogP contribution in [0.2, 0.25) is 0 Å². The van der Waals surface area contributed by atoms with Crippen LogP contribution in [0.1, 0.15) is 12.8 Å². The van der Waals surface area contributed by atoms with Crippen LogP contribution in [0, 0.1) is 10.1 Å². The Morgan fingerprint density at radius 3 is 2.95 bits per heavy atom. The molecule has 0 aliphatic carbocycles. The minimum atomic E-state index is -2.05. The van der Waals surface area contributed by atoms with Crippen molar-refractivity contribution in [1.29, 1.82) is 0 Å². The van der Waals surface area contributed by atoms with Crippen LogP contribution in [-0.4, -0.2) is 59.8 Å². The number of esters is 1. The second-order valence-electron chi connectivity index (χ2n) is 4.40. The van der Waals surface area contributed by atoms with Gasteiger partial charge in [0.05, 0.1) is 13.0 Å². The standard InChI is InChI=1S/C10H13NO9/c12-3-1-2-7(14)19-10(20-11(15)16)5-18-8-6(13)4-17-9(8)10/h3,6,8-9,13H,1-2,4-5H2/t6-,8-,9+,10-/m1/s1. The van der Waals surface area contributed by atoms with Gasteiger partial charge in [0.15, 0.2) is 6.10 Å². The summed E-state index contributed by atoms with van der Waals surface area (Å²) < 4.78 is 15.3.